The molecule has 0 fully saturated rings. The van der Waals surface area contributed by atoms with Gasteiger partial charge in [-0.3, -0.25) is 9.11 Å². The van der Waals surface area contributed by atoms with Crippen LogP contribution in [0.15, 0.2) is 0 Å². The van der Waals surface area contributed by atoms with Gasteiger partial charge in [0.25, 0.3) is 0 Å². The van der Waals surface area contributed by atoms with Crippen LogP contribution in [0.1, 0.15) is 158 Å². The van der Waals surface area contributed by atoms with Crippen LogP contribution in [-0.4, -0.2) is 87.3 Å². The maximum absolute atomic E-state index is 9.51. The van der Waals surface area contributed by atoms with Crippen LogP contribution in [0.3, 0.4) is 0 Å². The van der Waals surface area contributed by atoms with Crippen molar-refractivity contribution in [1.29, 1.82) is 0 Å². The van der Waals surface area contributed by atoms with Gasteiger partial charge in [0.15, 0.2) is 0 Å². The molecule has 0 heterocycles. The molecule has 0 aliphatic carbocycles. The van der Waals surface area contributed by atoms with Crippen molar-refractivity contribution in [3.8, 4) is 0 Å². The SMILES string of the molecule is CCCC[N+](CCCC)(CCCC)CCCC.CCCC[N+](CCCC)(CCCC)CCCC.O=S(=O)(O)OOS(=O)(=O)O. The zero-order valence-corrected chi connectivity index (χ0v) is 31.7. The third-order valence-corrected chi connectivity index (χ3v) is 8.65. The standard InChI is InChI=1S/2C16H36N.H2O8S2/c2*1-5-9-13-17(14-10-6-2,15-11-7-3)16-12-8-4;1-9(2,3)7-8-10(4,5)6/h2*5-16H2,1-4H3;(H,1,2,3)(H,4,5,6)/q2*+1;. The molecule has 0 atom stereocenters. The molecule has 0 aromatic carbocycles. The Bertz CT molecular complexity index is 681. The largest absolute Gasteiger partial charge is 0.425 e. The van der Waals surface area contributed by atoms with Crippen molar-refractivity contribution in [3.63, 3.8) is 0 Å². The summed E-state index contributed by atoms with van der Waals surface area (Å²) in [5.41, 5.74) is 0. The first-order chi connectivity index (χ1) is 20.7. The number of hydrogen-bond acceptors (Lipinski definition) is 6. The highest BCUT2D eigenvalue weighted by Crippen LogP contribution is 2.17. The Balaban J connectivity index is -0.000000594. The fourth-order valence-electron chi connectivity index (χ4n) is 5.36. The van der Waals surface area contributed by atoms with Gasteiger partial charge in [-0.15, -0.1) is 0 Å². The first-order valence-corrected chi connectivity index (χ1v) is 20.4. The van der Waals surface area contributed by atoms with Crippen LogP contribution in [0.4, 0.5) is 0 Å². The molecule has 12 heteroatoms. The predicted octanol–water partition coefficient (Wildman–Crippen LogP) is 8.55. The lowest BCUT2D eigenvalue weighted by Crippen LogP contribution is -2.50. The van der Waals surface area contributed by atoms with Gasteiger partial charge in [0.05, 0.1) is 52.4 Å². The van der Waals surface area contributed by atoms with E-state index < -0.39 is 20.8 Å². The van der Waals surface area contributed by atoms with Gasteiger partial charge < -0.3 is 8.97 Å². The van der Waals surface area contributed by atoms with Crippen LogP contribution in [0.2, 0.25) is 0 Å². The van der Waals surface area contributed by atoms with Gasteiger partial charge in [0.1, 0.15) is 0 Å². The van der Waals surface area contributed by atoms with Crippen LogP contribution in [-0.2, 0) is 29.5 Å². The first-order valence-electron chi connectivity index (χ1n) is 17.7. The lowest BCUT2D eigenvalue weighted by atomic mass is 10.1. The maximum atomic E-state index is 9.51. The lowest BCUT2D eigenvalue weighted by Gasteiger charge is -2.39. The molecule has 0 aromatic rings. The predicted molar refractivity (Wildman–Crippen MR) is 184 cm³/mol. The van der Waals surface area contributed by atoms with Crippen LogP contribution < -0.4 is 0 Å². The molecule has 0 aromatic heterocycles. The van der Waals surface area contributed by atoms with E-state index in [1.165, 1.54) is 164 Å². The summed E-state index contributed by atoms with van der Waals surface area (Å²) in [5, 5.41) is 0. The molecule has 0 aliphatic rings. The van der Waals surface area contributed by atoms with E-state index in [4.69, 9.17) is 9.11 Å². The van der Waals surface area contributed by atoms with E-state index in [-0.39, 0.29) is 0 Å². The molecule has 0 spiro atoms. The normalized spacial score (nSPS) is 12.3. The molecule has 0 saturated carbocycles. The van der Waals surface area contributed by atoms with E-state index in [1.54, 1.807) is 0 Å². The van der Waals surface area contributed by atoms with Gasteiger partial charge in [0, 0.05) is 0 Å². The van der Waals surface area contributed by atoms with Gasteiger partial charge in [0.2, 0.25) is 0 Å². The van der Waals surface area contributed by atoms with Crippen LogP contribution in [0, 0.1) is 0 Å². The quantitative estimate of drug-likeness (QED) is 0.0383. The third-order valence-electron chi connectivity index (χ3n) is 8.09. The Hall–Kier alpha value is -0.340. The van der Waals surface area contributed by atoms with Crippen molar-refractivity contribution < 1.29 is 43.6 Å². The van der Waals surface area contributed by atoms with Crippen molar-refractivity contribution in [2.75, 3.05) is 52.4 Å². The van der Waals surface area contributed by atoms with E-state index in [1.807, 2.05) is 0 Å². The zero-order chi connectivity index (χ0) is 34.4. The van der Waals surface area contributed by atoms with E-state index >= 15 is 0 Å². The number of nitrogens with zero attached hydrogens (tertiary/aromatic N) is 2. The topological polar surface area (TPSA) is 127 Å². The molecule has 2 N–H and O–H groups in total. The minimum atomic E-state index is -5.02. The molecule has 44 heavy (non-hydrogen) atoms. The molecule has 0 saturated heterocycles. The highest BCUT2D eigenvalue weighted by Gasteiger charge is 2.25. The number of rotatable bonds is 27. The number of quaternary nitrogens is 2. The van der Waals surface area contributed by atoms with E-state index in [0.717, 1.165) is 0 Å². The van der Waals surface area contributed by atoms with Crippen LogP contribution in [0.5, 0.6) is 0 Å². The fraction of sp³-hybridized carbons (Fsp3) is 1.00. The Labute approximate surface area is 274 Å². The second kappa shape index (κ2) is 30.0. The summed E-state index contributed by atoms with van der Waals surface area (Å²) in [6.45, 7) is 30.0. The summed E-state index contributed by atoms with van der Waals surface area (Å²) in [4.78, 5) is 0. The van der Waals surface area contributed by atoms with Gasteiger partial charge in [-0.05, 0) is 51.4 Å². The van der Waals surface area contributed by atoms with E-state index in [2.05, 4.69) is 64.1 Å². The molecule has 0 bridgehead atoms. The minimum Gasteiger partial charge on any atom is -0.324 e. The summed E-state index contributed by atoms with van der Waals surface area (Å²) in [6, 6.07) is 0. The van der Waals surface area contributed by atoms with E-state index in [9.17, 15) is 16.8 Å². The van der Waals surface area contributed by atoms with Crippen molar-refractivity contribution in [1.82, 2.24) is 0 Å². The van der Waals surface area contributed by atoms with Gasteiger partial charge in [-0.1, -0.05) is 115 Å². The average molecular weight is 679 g/mol. The first kappa shape index (κ1) is 48.1. The van der Waals surface area contributed by atoms with Gasteiger partial charge >= 0.3 is 20.8 Å². The molecule has 0 unspecified atom stereocenters. The number of hydrogen-bond donors (Lipinski definition) is 2. The highest BCUT2D eigenvalue weighted by molar-refractivity contribution is 7.83. The maximum Gasteiger partial charge on any atom is 0.425 e. The Morgan fingerprint density at radius 2 is 0.500 bits per heavy atom. The Morgan fingerprint density at radius 3 is 0.591 bits per heavy atom. The second-order valence-electron chi connectivity index (χ2n) is 12.3. The monoisotopic (exact) mass is 678 g/mol. The summed E-state index contributed by atoms with van der Waals surface area (Å²) in [7, 11) is -10.0. The van der Waals surface area contributed by atoms with Crippen molar-refractivity contribution >= 4 is 20.8 Å². The Morgan fingerprint density at radius 1 is 0.364 bits per heavy atom. The zero-order valence-electron chi connectivity index (χ0n) is 30.0. The molecule has 0 amide bonds. The van der Waals surface area contributed by atoms with E-state index in [0.29, 0.717) is 0 Å². The van der Waals surface area contributed by atoms with Crippen molar-refractivity contribution in [2.24, 2.45) is 0 Å². The lowest BCUT2D eigenvalue weighted by molar-refractivity contribution is -0.929. The average Bonchev–Trinajstić information content (AvgIpc) is 2.98. The van der Waals surface area contributed by atoms with Gasteiger partial charge in [-0.25, -0.2) is 0 Å². The van der Waals surface area contributed by atoms with Crippen molar-refractivity contribution in [2.45, 2.75) is 158 Å². The summed E-state index contributed by atoms with van der Waals surface area (Å²) in [6.07, 6.45) is 22.1. The summed E-state index contributed by atoms with van der Waals surface area (Å²) >= 11 is 0. The smallest absolute Gasteiger partial charge is 0.324 e. The minimum absolute atomic E-state index is 1.35. The summed E-state index contributed by atoms with van der Waals surface area (Å²) in [5.74, 6) is 0. The molecular weight excluding hydrogens is 604 g/mol. The fourth-order valence-corrected chi connectivity index (χ4v) is 5.92. The third kappa shape index (κ3) is 31.6. The molecule has 270 valence electrons. The van der Waals surface area contributed by atoms with Gasteiger partial charge in [-0.2, -0.15) is 16.8 Å². The molecule has 0 radical (unpaired) electrons. The molecular formula is C32H74N2O8S2+2. The molecule has 0 rings (SSSR count). The molecule has 0 aliphatic heterocycles. The summed E-state index contributed by atoms with van der Waals surface area (Å²) < 4.78 is 61.7. The number of unbranched alkanes of at least 4 members (excludes halogenated alkanes) is 8. The van der Waals surface area contributed by atoms with Crippen LogP contribution >= 0.6 is 0 Å². The highest BCUT2D eigenvalue weighted by atomic mass is 32.3. The Kier molecular flexibility index (Phi) is 32.8. The van der Waals surface area contributed by atoms with Crippen LogP contribution in [0.25, 0.3) is 0 Å². The molecule has 10 nitrogen and oxygen atoms in total. The second-order valence-corrected chi connectivity index (χ2v) is 14.3. The van der Waals surface area contributed by atoms with Crippen molar-refractivity contribution in [3.05, 3.63) is 0 Å².